The van der Waals surface area contributed by atoms with E-state index in [4.69, 9.17) is 16.2 Å². The van der Waals surface area contributed by atoms with Gasteiger partial charge in [0.2, 0.25) is 0 Å². The minimum Gasteiger partial charge on any atom is -0.360 e. The average Bonchev–Trinajstić information content (AvgIpc) is 2.47. The first-order valence-corrected chi connectivity index (χ1v) is 6.53. The fraction of sp³-hybridized carbons (Fsp3) is 0. The molecule has 0 fully saturated rings. The summed E-state index contributed by atoms with van der Waals surface area (Å²) in [6.45, 7) is 0. The topological polar surface area (TPSA) is 79.4 Å². The number of aromatic nitrogens is 1. The smallest absolute Gasteiger partial charge is 0.360 e. The number of nitrogens with one attached hydrogen (secondary N) is 1. The van der Waals surface area contributed by atoms with E-state index in [0.29, 0.717) is 20.4 Å². The van der Waals surface area contributed by atoms with Crippen molar-refractivity contribution in [1.29, 1.82) is 0 Å². The summed E-state index contributed by atoms with van der Waals surface area (Å²) >= 11 is 9.06. The lowest BCUT2D eigenvalue weighted by molar-refractivity contribution is 0.388. The van der Waals surface area contributed by atoms with Crippen LogP contribution in [0, 0.1) is 0 Å². The molecule has 0 amide bonds. The van der Waals surface area contributed by atoms with Crippen LogP contribution in [0.1, 0.15) is 0 Å². The zero-order chi connectivity index (χ0) is 11.9. The Bertz CT molecular complexity index is 651. The largest absolute Gasteiger partial charge is 0.446 e. The van der Waals surface area contributed by atoms with Crippen molar-refractivity contribution in [3.05, 3.63) is 27.8 Å². The normalized spacial score (nSPS) is 11.9. The van der Waals surface area contributed by atoms with E-state index in [0.717, 1.165) is 0 Å². The van der Waals surface area contributed by atoms with Crippen molar-refractivity contribution in [3.63, 3.8) is 0 Å². The third-order valence-electron chi connectivity index (χ3n) is 1.88. The van der Waals surface area contributed by atoms with E-state index in [2.05, 4.69) is 25.1 Å². The highest BCUT2D eigenvalue weighted by Gasteiger charge is 2.13. The summed E-state index contributed by atoms with van der Waals surface area (Å²) in [4.78, 5) is 2.77. The molecule has 0 unspecified atom stereocenters. The van der Waals surface area contributed by atoms with Gasteiger partial charge in [0.15, 0.2) is 5.75 Å². The molecule has 0 radical (unpaired) electrons. The Hall–Kier alpha value is -0.760. The van der Waals surface area contributed by atoms with E-state index in [9.17, 15) is 8.42 Å². The Kier molecular flexibility index (Phi) is 2.87. The zero-order valence-corrected chi connectivity index (χ0v) is 10.7. The van der Waals surface area contributed by atoms with Crippen molar-refractivity contribution in [3.8, 4) is 5.75 Å². The Morgan fingerprint density at radius 1 is 1.44 bits per heavy atom. The van der Waals surface area contributed by atoms with Crippen LogP contribution in [0.25, 0.3) is 10.9 Å². The molecule has 0 aliphatic heterocycles. The van der Waals surface area contributed by atoms with Gasteiger partial charge in [-0.1, -0.05) is 11.6 Å². The minimum absolute atomic E-state index is 0.00914. The second-order valence-electron chi connectivity index (χ2n) is 2.98. The van der Waals surface area contributed by atoms with Gasteiger partial charge in [-0.25, -0.2) is 0 Å². The number of benzene rings is 1. The lowest BCUT2D eigenvalue weighted by Crippen LogP contribution is -2.05. The number of H-pyrrole nitrogens is 1. The van der Waals surface area contributed by atoms with E-state index in [-0.39, 0.29) is 5.75 Å². The molecule has 8 heteroatoms. The molecule has 0 bridgehead atoms. The summed E-state index contributed by atoms with van der Waals surface area (Å²) in [6, 6.07) is 3.20. The molecule has 1 heterocycles. The van der Waals surface area contributed by atoms with Gasteiger partial charge in [-0.15, -0.1) is 0 Å². The number of hydrogen-bond donors (Lipinski definition) is 2. The van der Waals surface area contributed by atoms with Crippen LogP contribution in [0.15, 0.2) is 22.8 Å². The van der Waals surface area contributed by atoms with Crippen molar-refractivity contribution >= 4 is 48.8 Å². The lowest BCUT2D eigenvalue weighted by atomic mass is 10.2. The van der Waals surface area contributed by atoms with Crippen LogP contribution in [0.2, 0.25) is 5.02 Å². The molecule has 1 aromatic heterocycles. The van der Waals surface area contributed by atoms with Crippen LogP contribution in [0.3, 0.4) is 0 Å². The highest BCUT2D eigenvalue weighted by Crippen LogP contribution is 2.33. The molecule has 0 aliphatic rings. The molecule has 5 nitrogen and oxygen atoms in total. The van der Waals surface area contributed by atoms with Crippen LogP contribution in [0.5, 0.6) is 5.75 Å². The van der Waals surface area contributed by atoms with E-state index < -0.39 is 10.4 Å². The molecule has 16 heavy (non-hydrogen) atoms. The zero-order valence-electron chi connectivity index (χ0n) is 7.57. The van der Waals surface area contributed by atoms with Crippen LogP contribution in [0.4, 0.5) is 0 Å². The van der Waals surface area contributed by atoms with Crippen LogP contribution < -0.4 is 4.18 Å². The quantitative estimate of drug-likeness (QED) is 0.832. The number of hydrogen-bond acceptors (Lipinski definition) is 3. The lowest BCUT2D eigenvalue weighted by Gasteiger charge is -2.00. The first-order valence-electron chi connectivity index (χ1n) is 4.00. The molecule has 2 rings (SSSR count). The average molecular weight is 327 g/mol. The number of aromatic amines is 1. The van der Waals surface area contributed by atoms with Gasteiger partial charge in [0.1, 0.15) is 0 Å². The molecule has 2 N–H and O–H groups in total. The highest BCUT2D eigenvalue weighted by molar-refractivity contribution is 9.10. The van der Waals surface area contributed by atoms with E-state index in [1.165, 1.54) is 6.20 Å². The predicted molar refractivity (Wildman–Crippen MR) is 63.2 cm³/mol. The van der Waals surface area contributed by atoms with Gasteiger partial charge in [0, 0.05) is 16.1 Å². The van der Waals surface area contributed by atoms with Crippen molar-refractivity contribution in [2.45, 2.75) is 0 Å². The molecule has 0 saturated heterocycles. The molecule has 0 saturated carbocycles. The maximum Gasteiger partial charge on any atom is 0.446 e. The number of rotatable bonds is 2. The van der Waals surface area contributed by atoms with Gasteiger partial charge >= 0.3 is 10.4 Å². The standard InChI is InChI=1S/C8H5BrClNO4S/c9-5-1-4-7(2-6(5)10)11-3-8(4)15-16(12,13)14/h1-3,11H,(H,12,13,14). The monoisotopic (exact) mass is 325 g/mol. The van der Waals surface area contributed by atoms with Crippen LogP contribution >= 0.6 is 27.5 Å². The molecule has 2 aromatic rings. The Labute approximate surface area is 104 Å². The van der Waals surface area contributed by atoms with Crippen molar-refractivity contribution < 1.29 is 17.2 Å². The van der Waals surface area contributed by atoms with Crippen molar-refractivity contribution in [1.82, 2.24) is 4.98 Å². The minimum atomic E-state index is -4.53. The van der Waals surface area contributed by atoms with E-state index in [1.54, 1.807) is 12.1 Å². The Morgan fingerprint density at radius 2 is 2.12 bits per heavy atom. The third kappa shape index (κ3) is 2.32. The van der Waals surface area contributed by atoms with Crippen LogP contribution in [-0.4, -0.2) is 18.0 Å². The van der Waals surface area contributed by atoms with Crippen molar-refractivity contribution in [2.24, 2.45) is 0 Å². The number of halogens is 2. The second kappa shape index (κ2) is 3.92. The molecular weight excluding hydrogens is 322 g/mol. The second-order valence-corrected chi connectivity index (χ2v) is 5.26. The molecule has 0 atom stereocenters. The van der Waals surface area contributed by atoms with Crippen LogP contribution in [-0.2, 0) is 10.4 Å². The van der Waals surface area contributed by atoms with Gasteiger partial charge in [-0.3, -0.25) is 4.55 Å². The fourth-order valence-electron chi connectivity index (χ4n) is 1.27. The first-order chi connectivity index (χ1) is 7.37. The molecule has 0 aliphatic carbocycles. The summed E-state index contributed by atoms with van der Waals surface area (Å²) in [5, 5.41) is 0.974. The van der Waals surface area contributed by atoms with E-state index in [1.807, 2.05) is 0 Å². The van der Waals surface area contributed by atoms with Gasteiger partial charge in [0.05, 0.1) is 10.5 Å². The molecule has 86 valence electrons. The molecule has 0 spiro atoms. The fourth-order valence-corrected chi connectivity index (χ4v) is 2.15. The first kappa shape index (κ1) is 11.7. The highest BCUT2D eigenvalue weighted by atomic mass is 79.9. The van der Waals surface area contributed by atoms with Gasteiger partial charge in [-0.2, -0.15) is 8.42 Å². The summed E-state index contributed by atoms with van der Waals surface area (Å²) in [6.07, 6.45) is 1.32. The number of fused-ring (bicyclic) bond motifs is 1. The molecule has 1 aromatic carbocycles. The maximum atomic E-state index is 10.6. The SMILES string of the molecule is O=S(=O)(O)Oc1c[nH]c2cc(Cl)c(Br)cc12. The Morgan fingerprint density at radius 3 is 2.75 bits per heavy atom. The Balaban J connectivity index is 2.61. The maximum absolute atomic E-state index is 10.6. The van der Waals surface area contributed by atoms with Gasteiger partial charge in [0.25, 0.3) is 0 Å². The predicted octanol–water partition coefficient (Wildman–Crippen LogP) is 2.77. The van der Waals surface area contributed by atoms with Crippen molar-refractivity contribution in [2.75, 3.05) is 0 Å². The third-order valence-corrected chi connectivity index (χ3v) is 3.47. The van der Waals surface area contributed by atoms with Gasteiger partial charge < -0.3 is 9.17 Å². The summed E-state index contributed by atoms with van der Waals surface area (Å²) in [7, 11) is -4.53. The molecular formula is C8H5BrClNO4S. The van der Waals surface area contributed by atoms with E-state index >= 15 is 0 Å². The summed E-state index contributed by atoms with van der Waals surface area (Å²) < 4.78 is 34.7. The van der Waals surface area contributed by atoms with Gasteiger partial charge in [-0.05, 0) is 28.1 Å². The summed E-state index contributed by atoms with van der Waals surface area (Å²) in [5.74, 6) is 0.00914. The summed E-state index contributed by atoms with van der Waals surface area (Å²) in [5.41, 5.74) is 0.604.